The third-order valence-corrected chi connectivity index (χ3v) is 3.29. The zero-order valence-electron chi connectivity index (χ0n) is 12.7. The van der Waals surface area contributed by atoms with E-state index in [2.05, 4.69) is 25.3 Å². The van der Waals surface area contributed by atoms with Gasteiger partial charge in [0.25, 0.3) is 11.5 Å². The molecule has 9 heteroatoms. The van der Waals surface area contributed by atoms with Crippen LogP contribution in [0.25, 0.3) is 11.6 Å². The fraction of sp³-hybridized carbons (Fsp3) is 0.133. The van der Waals surface area contributed by atoms with Gasteiger partial charge in [0.05, 0.1) is 11.9 Å². The van der Waals surface area contributed by atoms with Crippen LogP contribution in [0.4, 0.5) is 5.82 Å². The largest absolute Gasteiger partial charge is 0.443 e. The number of aromatic nitrogens is 4. The third kappa shape index (κ3) is 3.00. The van der Waals surface area contributed by atoms with Crippen molar-refractivity contribution < 1.29 is 9.21 Å². The van der Waals surface area contributed by atoms with Crippen LogP contribution < -0.4 is 16.6 Å². The summed E-state index contributed by atoms with van der Waals surface area (Å²) in [6.45, 7) is 1.72. The number of aryl methyl sites for hydroxylation is 1. The molecular formula is C15H14N6O3. The van der Waals surface area contributed by atoms with Crippen LogP contribution in [0.1, 0.15) is 21.7 Å². The Balaban J connectivity index is 1.82. The number of H-pyrrole nitrogens is 1. The Morgan fingerprint density at radius 2 is 2.25 bits per heavy atom. The van der Waals surface area contributed by atoms with E-state index >= 15 is 0 Å². The lowest BCUT2D eigenvalue weighted by molar-refractivity contribution is 0.0946. The van der Waals surface area contributed by atoms with Crippen molar-refractivity contribution in [1.82, 2.24) is 25.3 Å². The number of anilines is 1. The summed E-state index contributed by atoms with van der Waals surface area (Å²) >= 11 is 0. The molecule has 122 valence electrons. The van der Waals surface area contributed by atoms with Crippen LogP contribution in [0.3, 0.4) is 0 Å². The number of aromatic amines is 1. The van der Waals surface area contributed by atoms with Gasteiger partial charge in [0, 0.05) is 18.3 Å². The topological polar surface area (TPSA) is 140 Å². The van der Waals surface area contributed by atoms with Crippen molar-refractivity contribution >= 4 is 11.7 Å². The van der Waals surface area contributed by atoms with Crippen molar-refractivity contribution in [2.75, 3.05) is 5.73 Å². The molecular weight excluding hydrogens is 312 g/mol. The molecule has 0 saturated heterocycles. The molecule has 0 saturated carbocycles. The summed E-state index contributed by atoms with van der Waals surface area (Å²) in [5, 5.41) is 2.60. The molecule has 0 aliphatic rings. The van der Waals surface area contributed by atoms with E-state index in [0.717, 1.165) is 0 Å². The van der Waals surface area contributed by atoms with E-state index in [1.165, 1.54) is 18.7 Å². The number of carbonyl (C=O) groups is 1. The van der Waals surface area contributed by atoms with Gasteiger partial charge in [0.2, 0.25) is 5.89 Å². The number of pyridine rings is 1. The molecule has 0 unspecified atom stereocenters. The highest BCUT2D eigenvalue weighted by Crippen LogP contribution is 2.20. The molecule has 0 radical (unpaired) electrons. The van der Waals surface area contributed by atoms with Crippen molar-refractivity contribution in [2.45, 2.75) is 13.5 Å². The summed E-state index contributed by atoms with van der Waals surface area (Å²) in [4.78, 5) is 38.7. The number of rotatable bonds is 4. The quantitative estimate of drug-likeness (QED) is 0.639. The molecule has 0 fully saturated rings. The van der Waals surface area contributed by atoms with Crippen LogP contribution in [0.15, 0.2) is 40.0 Å². The lowest BCUT2D eigenvalue weighted by Gasteiger charge is -2.08. The minimum Gasteiger partial charge on any atom is -0.443 e. The van der Waals surface area contributed by atoms with Crippen molar-refractivity contribution in [3.63, 3.8) is 0 Å². The number of hydrogen-bond donors (Lipinski definition) is 3. The minimum atomic E-state index is -0.523. The fourth-order valence-electron chi connectivity index (χ4n) is 2.10. The summed E-state index contributed by atoms with van der Waals surface area (Å²) < 4.78 is 5.17. The number of amides is 1. The summed E-state index contributed by atoms with van der Waals surface area (Å²) in [6, 6.07) is 3.29. The standard InChI is InChI=1S/C15H14N6O3/c1-8-10(15-18-5-6-24-15)21-12(16)11(20-8)14(23)19-7-9-3-2-4-17-13(9)22/h2-6H,7H2,1H3,(H2,16,21)(H,17,22)(H,19,23). The predicted molar refractivity (Wildman–Crippen MR) is 84.9 cm³/mol. The maximum absolute atomic E-state index is 12.3. The van der Waals surface area contributed by atoms with Crippen molar-refractivity contribution in [2.24, 2.45) is 0 Å². The normalized spacial score (nSPS) is 10.5. The summed E-state index contributed by atoms with van der Waals surface area (Å²) in [5.74, 6) is -0.298. The van der Waals surface area contributed by atoms with E-state index in [-0.39, 0.29) is 29.5 Å². The van der Waals surface area contributed by atoms with Gasteiger partial charge in [0.1, 0.15) is 12.0 Å². The second-order valence-corrected chi connectivity index (χ2v) is 4.94. The van der Waals surface area contributed by atoms with Gasteiger partial charge < -0.3 is 20.5 Å². The van der Waals surface area contributed by atoms with Crippen LogP contribution in [-0.4, -0.2) is 25.8 Å². The molecule has 3 aromatic heterocycles. The van der Waals surface area contributed by atoms with Crippen LogP contribution >= 0.6 is 0 Å². The molecule has 3 aromatic rings. The van der Waals surface area contributed by atoms with Crippen molar-refractivity contribution in [3.8, 4) is 11.6 Å². The van der Waals surface area contributed by atoms with Crippen molar-refractivity contribution in [1.29, 1.82) is 0 Å². The monoisotopic (exact) mass is 326 g/mol. The molecule has 0 spiro atoms. The maximum atomic E-state index is 12.3. The number of oxazole rings is 1. The second-order valence-electron chi connectivity index (χ2n) is 4.94. The summed E-state index contributed by atoms with van der Waals surface area (Å²) in [7, 11) is 0. The zero-order valence-corrected chi connectivity index (χ0v) is 12.7. The number of carbonyl (C=O) groups excluding carboxylic acids is 1. The van der Waals surface area contributed by atoms with Gasteiger partial charge in [0.15, 0.2) is 11.5 Å². The maximum Gasteiger partial charge on any atom is 0.274 e. The first-order valence-corrected chi connectivity index (χ1v) is 7.05. The minimum absolute atomic E-state index is 0.0184. The zero-order chi connectivity index (χ0) is 17.1. The predicted octanol–water partition coefficient (Wildman–Crippen LogP) is 0.641. The molecule has 1 amide bonds. The molecule has 4 N–H and O–H groups in total. The van der Waals surface area contributed by atoms with Crippen LogP contribution in [-0.2, 0) is 6.54 Å². The van der Waals surface area contributed by atoms with Crippen LogP contribution in [0.2, 0.25) is 0 Å². The highest BCUT2D eigenvalue weighted by molar-refractivity contribution is 5.96. The average Bonchev–Trinajstić information content (AvgIpc) is 3.10. The molecule has 0 atom stereocenters. The molecule has 0 aliphatic carbocycles. The Bertz CT molecular complexity index is 933. The van der Waals surface area contributed by atoms with Gasteiger partial charge in [-0.15, -0.1) is 0 Å². The van der Waals surface area contributed by atoms with E-state index in [9.17, 15) is 9.59 Å². The number of nitrogens with zero attached hydrogens (tertiary/aromatic N) is 3. The smallest absolute Gasteiger partial charge is 0.274 e. The van der Waals surface area contributed by atoms with Gasteiger partial charge in [-0.3, -0.25) is 9.59 Å². The van der Waals surface area contributed by atoms with E-state index in [1.54, 1.807) is 19.1 Å². The van der Waals surface area contributed by atoms with Gasteiger partial charge in [-0.25, -0.2) is 15.0 Å². The molecule has 0 aromatic carbocycles. The van der Waals surface area contributed by atoms with Crippen LogP contribution in [0.5, 0.6) is 0 Å². The highest BCUT2D eigenvalue weighted by atomic mass is 16.3. The number of nitrogen functional groups attached to an aromatic ring is 1. The van der Waals surface area contributed by atoms with Crippen LogP contribution in [0, 0.1) is 6.92 Å². The van der Waals surface area contributed by atoms with Crippen molar-refractivity contribution in [3.05, 3.63) is 58.1 Å². The highest BCUT2D eigenvalue weighted by Gasteiger charge is 2.18. The van der Waals surface area contributed by atoms with Gasteiger partial charge >= 0.3 is 0 Å². The second kappa shape index (κ2) is 6.32. The first-order chi connectivity index (χ1) is 11.6. The van der Waals surface area contributed by atoms with E-state index in [1.807, 2.05) is 0 Å². The lowest BCUT2D eigenvalue weighted by atomic mass is 10.2. The Hall–Kier alpha value is -3.49. The first kappa shape index (κ1) is 15.4. The molecule has 3 rings (SSSR count). The first-order valence-electron chi connectivity index (χ1n) is 7.05. The van der Waals surface area contributed by atoms with E-state index in [4.69, 9.17) is 10.2 Å². The number of hydrogen-bond acceptors (Lipinski definition) is 7. The van der Waals surface area contributed by atoms with E-state index in [0.29, 0.717) is 17.0 Å². The Kier molecular flexibility index (Phi) is 4.06. The Morgan fingerprint density at radius 1 is 1.42 bits per heavy atom. The summed E-state index contributed by atoms with van der Waals surface area (Å²) in [5.41, 5.74) is 6.78. The molecule has 0 aliphatic heterocycles. The number of nitrogens with one attached hydrogen (secondary N) is 2. The Morgan fingerprint density at radius 3 is 2.96 bits per heavy atom. The summed E-state index contributed by atoms with van der Waals surface area (Å²) in [6.07, 6.45) is 4.40. The number of nitrogens with two attached hydrogens (primary N) is 1. The lowest BCUT2D eigenvalue weighted by Crippen LogP contribution is -2.28. The molecule has 24 heavy (non-hydrogen) atoms. The molecule has 3 heterocycles. The average molecular weight is 326 g/mol. The van der Waals surface area contributed by atoms with Gasteiger partial charge in [-0.2, -0.15) is 0 Å². The third-order valence-electron chi connectivity index (χ3n) is 3.29. The van der Waals surface area contributed by atoms with Gasteiger partial charge in [-0.05, 0) is 13.0 Å². The fourth-order valence-corrected chi connectivity index (χ4v) is 2.10. The van der Waals surface area contributed by atoms with Gasteiger partial charge in [-0.1, -0.05) is 6.07 Å². The molecule has 9 nitrogen and oxygen atoms in total. The Labute approximate surface area is 136 Å². The molecule has 0 bridgehead atoms. The SMILES string of the molecule is Cc1nc(C(=O)NCc2ccc[nH]c2=O)c(N)nc1-c1ncco1. The van der Waals surface area contributed by atoms with E-state index < -0.39 is 5.91 Å².